The van der Waals surface area contributed by atoms with Crippen LogP contribution in [-0.4, -0.2) is 17.4 Å². The van der Waals surface area contributed by atoms with E-state index in [-0.39, 0.29) is 4.90 Å². The number of aromatic nitrogens is 2. The van der Waals surface area contributed by atoms with E-state index in [4.69, 9.17) is 0 Å². The summed E-state index contributed by atoms with van der Waals surface area (Å²) in [5.41, 5.74) is 1.18. The molecular formula is C15H13BrN2O2S. The van der Waals surface area contributed by atoms with Crippen LogP contribution in [0.25, 0.3) is 11.0 Å². The van der Waals surface area contributed by atoms with Gasteiger partial charge in [0.25, 0.3) is 10.0 Å². The summed E-state index contributed by atoms with van der Waals surface area (Å²) in [6.07, 6.45) is 2.22. The number of nitrogens with zero attached hydrogens (tertiary/aromatic N) is 2. The van der Waals surface area contributed by atoms with Crippen molar-refractivity contribution in [2.24, 2.45) is 0 Å². The van der Waals surface area contributed by atoms with Gasteiger partial charge in [-0.1, -0.05) is 25.1 Å². The van der Waals surface area contributed by atoms with Crippen LogP contribution in [0.15, 0.2) is 58.0 Å². The van der Waals surface area contributed by atoms with Crippen LogP contribution < -0.4 is 0 Å². The fourth-order valence-electron chi connectivity index (χ4n) is 2.31. The number of fused-ring (bicyclic) bond motifs is 1. The maximum Gasteiger partial charge on any atom is 0.269 e. The SMILES string of the molecule is CCc1cc2cc(Br)cnc2n1S(=O)(=O)c1ccccc1. The zero-order chi connectivity index (χ0) is 15.0. The summed E-state index contributed by atoms with van der Waals surface area (Å²) in [6.45, 7) is 1.93. The van der Waals surface area contributed by atoms with Crippen molar-refractivity contribution < 1.29 is 8.42 Å². The molecule has 21 heavy (non-hydrogen) atoms. The standard InChI is InChI=1S/C15H13BrN2O2S/c1-2-13-9-11-8-12(16)10-17-15(11)18(13)21(19,20)14-6-4-3-5-7-14/h3-10H,2H2,1H3. The van der Waals surface area contributed by atoms with Gasteiger partial charge in [0.2, 0.25) is 0 Å². The van der Waals surface area contributed by atoms with Crippen LogP contribution in [0.4, 0.5) is 0 Å². The van der Waals surface area contributed by atoms with Gasteiger partial charge in [0.1, 0.15) is 0 Å². The second-order valence-electron chi connectivity index (χ2n) is 4.64. The van der Waals surface area contributed by atoms with E-state index in [2.05, 4.69) is 20.9 Å². The number of halogens is 1. The van der Waals surface area contributed by atoms with Crippen LogP contribution in [0.3, 0.4) is 0 Å². The molecule has 0 spiro atoms. The van der Waals surface area contributed by atoms with Crippen LogP contribution in [0.2, 0.25) is 0 Å². The molecule has 0 atom stereocenters. The van der Waals surface area contributed by atoms with Gasteiger partial charge >= 0.3 is 0 Å². The number of pyridine rings is 1. The minimum Gasteiger partial charge on any atom is -0.236 e. The summed E-state index contributed by atoms with van der Waals surface area (Å²) in [7, 11) is -3.64. The quantitative estimate of drug-likeness (QED) is 0.713. The number of hydrogen-bond acceptors (Lipinski definition) is 3. The molecule has 0 aliphatic rings. The van der Waals surface area contributed by atoms with Crippen molar-refractivity contribution >= 4 is 37.0 Å². The van der Waals surface area contributed by atoms with Gasteiger partial charge < -0.3 is 0 Å². The highest BCUT2D eigenvalue weighted by molar-refractivity contribution is 9.10. The van der Waals surface area contributed by atoms with Gasteiger partial charge in [-0.25, -0.2) is 17.4 Å². The maximum absolute atomic E-state index is 12.9. The predicted octanol–water partition coefficient (Wildman–Crippen LogP) is 3.60. The predicted molar refractivity (Wildman–Crippen MR) is 85.8 cm³/mol. The number of rotatable bonds is 3. The summed E-state index contributed by atoms with van der Waals surface area (Å²) in [6, 6.07) is 12.2. The van der Waals surface area contributed by atoms with Crippen molar-refractivity contribution in [3.8, 4) is 0 Å². The molecule has 0 bridgehead atoms. The molecule has 0 fully saturated rings. The van der Waals surface area contributed by atoms with Gasteiger partial charge in [-0.15, -0.1) is 0 Å². The molecule has 2 heterocycles. The van der Waals surface area contributed by atoms with Crippen molar-refractivity contribution in [2.75, 3.05) is 0 Å². The van der Waals surface area contributed by atoms with Crippen LogP contribution in [0, 0.1) is 0 Å². The molecule has 1 aromatic carbocycles. The Kier molecular flexibility index (Phi) is 3.59. The average Bonchev–Trinajstić information content (AvgIpc) is 2.86. The third kappa shape index (κ3) is 2.38. The van der Waals surface area contributed by atoms with Crippen molar-refractivity contribution in [1.29, 1.82) is 0 Å². The van der Waals surface area contributed by atoms with Crippen LogP contribution >= 0.6 is 15.9 Å². The van der Waals surface area contributed by atoms with Gasteiger partial charge in [0, 0.05) is 21.7 Å². The van der Waals surface area contributed by atoms with E-state index in [1.807, 2.05) is 19.1 Å². The molecule has 4 nitrogen and oxygen atoms in total. The smallest absolute Gasteiger partial charge is 0.236 e. The highest BCUT2D eigenvalue weighted by atomic mass is 79.9. The first-order chi connectivity index (χ1) is 10.0. The molecule has 0 N–H and O–H groups in total. The third-order valence-electron chi connectivity index (χ3n) is 3.28. The molecule has 108 valence electrons. The Morgan fingerprint density at radius 2 is 1.90 bits per heavy atom. The molecule has 3 aromatic rings. The molecule has 0 amide bonds. The molecule has 2 aromatic heterocycles. The van der Waals surface area contributed by atoms with Gasteiger partial charge in [-0.3, -0.25) is 0 Å². The van der Waals surface area contributed by atoms with Gasteiger partial charge in [0.05, 0.1) is 4.90 Å². The second-order valence-corrected chi connectivity index (χ2v) is 7.34. The van der Waals surface area contributed by atoms with Crippen molar-refractivity contribution in [2.45, 2.75) is 18.2 Å². The van der Waals surface area contributed by atoms with Crippen LogP contribution in [0.5, 0.6) is 0 Å². The van der Waals surface area contributed by atoms with E-state index in [0.29, 0.717) is 12.1 Å². The Hall–Kier alpha value is -1.66. The molecule has 6 heteroatoms. The van der Waals surface area contributed by atoms with Gasteiger partial charge in [-0.05, 0) is 46.6 Å². The summed E-state index contributed by atoms with van der Waals surface area (Å²) < 4.78 is 27.9. The van der Waals surface area contributed by atoms with Crippen molar-refractivity contribution in [3.05, 3.63) is 58.8 Å². The zero-order valence-corrected chi connectivity index (χ0v) is 13.7. The Morgan fingerprint density at radius 1 is 1.19 bits per heavy atom. The van der Waals surface area contributed by atoms with E-state index in [1.165, 1.54) is 3.97 Å². The van der Waals surface area contributed by atoms with Crippen LogP contribution in [-0.2, 0) is 16.4 Å². The number of aryl methyl sites for hydroxylation is 1. The molecule has 0 radical (unpaired) electrons. The van der Waals surface area contributed by atoms with Crippen LogP contribution in [0.1, 0.15) is 12.6 Å². The average molecular weight is 365 g/mol. The monoisotopic (exact) mass is 364 g/mol. The van der Waals surface area contributed by atoms with Gasteiger partial charge in [0.15, 0.2) is 5.65 Å². The fourth-order valence-corrected chi connectivity index (χ4v) is 4.24. The topological polar surface area (TPSA) is 52.0 Å². The molecule has 0 unspecified atom stereocenters. The number of hydrogen-bond donors (Lipinski definition) is 0. The van der Waals surface area contributed by atoms with Crippen molar-refractivity contribution in [3.63, 3.8) is 0 Å². The Bertz CT molecular complexity index is 902. The van der Waals surface area contributed by atoms with Gasteiger partial charge in [-0.2, -0.15) is 0 Å². The Balaban J connectivity index is 2.34. The van der Waals surface area contributed by atoms with E-state index < -0.39 is 10.0 Å². The summed E-state index contributed by atoms with van der Waals surface area (Å²) in [5, 5.41) is 0.806. The highest BCUT2D eigenvalue weighted by Crippen LogP contribution is 2.26. The lowest BCUT2D eigenvalue weighted by Gasteiger charge is -2.10. The number of benzene rings is 1. The Labute approximate surface area is 131 Å². The maximum atomic E-state index is 12.9. The Morgan fingerprint density at radius 3 is 2.57 bits per heavy atom. The first-order valence-corrected chi connectivity index (χ1v) is 8.74. The zero-order valence-electron chi connectivity index (χ0n) is 11.3. The molecule has 0 aliphatic carbocycles. The summed E-state index contributed by atoms with van der Waals surface area (Å²) in [4.78, 5) is 4.54. The van der Waals surface area contributed by atoms with E-state index >= 15 is 0 Å². The minimum absolute atomic E-state index is 0.266. The molecule has 0 aliphatic heterocycles. The summed E-state index contributed by atoms with van der Waals surface area (Å²) >= 11 is 3.36. The largest absolute Gasteiger partial charge is 0.269 e. The summed E-state index contributed by atoms with van der Waals surface area (Å²) in [5.74, 6) is 0. The first-order valence-electron chi connectivity index (χ1n) is 6.50. The first kappa shape index (κ1) is 14.3. The third-order valence-corrected chi connectivity index (χ3v) is 5.47. The fraction of sp³-hybridized carbons (Fsp3) is 0.133. The van der Waals surface area contributed by atoms with E-state index in [0.717, 1.165) is 15.6 Å². The normalized spacial score (nSPS) is 11.9. The lowest BCUT2D eigenvalue weighted by atomic mass is 10.3. The van der Waals surface area contributed by atoms with Crippen molar-refractivity contribution in [1.82, 2.24) is 8.96 Å². The lowest BCUT2D eigenvalue weighted by molar-refractivity contribution is 0.587. The second kappa shape index (κ2) is 5.27. The lowest BCUT2D eigenvalue weighted by Crippen LogP contribution is -2.15. The molecular weight excluding hydrogens is 352 g/mol. The molecule has 0 saturated heterocycles. The molecule has 3 rings (SSSR count). The molecule has 0 saturated carbocycles. The van der Waals surface area contributed by atoms with E-state index in [9.17, 15) is 8.42 Å². The van der Waals surface area contributed by atoms with E-state index in [1.54, 1.807) is 36.5 Å². The minimum atomic E-state index is -3.64. The highest BCUT2D eigenvalue weighted by Gasteiger charge is 2.22.